The second-order valence-electron chi connectivity index (χ2n) is 9.54. The van der Waals surface area contributed by atoms with Gasteiger partial charge in [-0.25, -0.2) is 0 Å². The molecule has 0 aromatic heterocycles. The summed E-state index contributed by atoms with van der Waals surface area (Å²) in [5.74, 6) is 0. The topological polar surface area (TPSA) is 0 Å². The minimum absolute atomic E-state index is 0.995. The normalized spacial score (nSPS) is 11.4. The zero-order valence-electron chi connectivity index (χ0n) is 20.3. The van der Waals surface area contributed by atoms with E-state index in [0.717, 1.165) is 6.42 Å². The molecule has 4 aromatic rings. The van der Waals surface area contributed by atoms with Gasteiger partial charge in [0.15, 0.2) is 0 Å². The Labute approximate surface area is 188 Å². The molecule has 0 aliphatic heterocycles. The Morgan fingerprint density at radius 1 is 0.548 bits per heavy atom. The Hall–Kier alpha value is -2.86. The highest BCUT2D eigenvalue weighted by atomic mass is 14.2. The number of aryl methyl sites for hydroxylation is 7. The van der Waals surface area contributed by atoms with Gasteiger partial charge in [-0.05, 0) is 140 Å². The molecule has 0 spiro atoms. The summed E-state index contributed by atoms with van der Waals surface area (Å²) in [5, 5.41) is 2.70. The first-order valence-corrected chi connectivity index (χ1v) is 11.3. The van der Waals surface area contributed by atoms with Crippen molar-refractivity contribution in [3.8, 4) is 11.1 Å². The van der Waals surface area contributed by atoms with E-state index in [4.69, 9.17) is 0 Å². The van der Waals surface area contributed by atoms with Crippen LogP contribution in [0.2, 0.25) is 0 Å². The zero-order chi connectivity index (χ0) is 22.4. The highest BCUT2D eigenvalue weighted by Gasteiger charge is 2.12. The van der Waals surface area contributed by atoms with Crippen molar-refractivity contribution in [2.24, 2.45) is 0 Å². The van der Waals surface area contributed by atoms with Crippen molar-refractivity contribution in [2.75, 3.05) is 0 Å². The van der Waals surface area contributed by atoms with Crippen molar-refractivity contribution < 1.29 is 0 Å². The monoisotopic (exact) mass is 406 g/mol. The van der Waals surface area contributed by atoms with Crippen LogP contribution in [0.3, 0.4) is 0 Å². The van der Waals surface area contributed by atoms with E-state index in [1.165, 1.54) is 77.5 Å². The van der Waals surface area contributed by atoms with Gasteiger partial charge in [0, 0.05) is 0 Å². The Balaban J connectivity index is 1.77. The Morgan fingerprint density at radius 3 is 1.77 bits per heavy atom. The van der Waals surface area contributed by atoms with Crippen LogP contribution in [0.25, 0.3) is 21.9 Å². The van der Waals surface area contributed by atoms with Crippen LogP contribution in [0, 0.1) is 55.4 Å². The average Bonchev–Trinajstić information content (AvgIpc) is 2.68. The lowest BCUT2D eigenvalue weighted by molar-refractivity contribution is 1.10. The van der Waals surface area contributed by atoms with Crippen LogP contribution in [0.5, 0.6) is 0 Å². The minimum atomic E-state index is 0.995. The Kier molecular flexibility index (Phi) is 5.52. The molecular weight excluding hydrogens is 372 g/mol. The molecule has 0 aliphatic rings. The maximum atomic E-state index is 2.39. The van der Waals surface area contributed by atoms with E-state index in [9.17, 15) is 0 Å². The largest absolute Gasteiger partial charge is 0.0561 e. The van der Waals surface area contributed by atoms with Crippen molar-refractivity contribution in [3.63, 3.8) is 0 Å². The summed E-state index contributed by atoms with van der Waals surface area (Å²) in [5.41, 5.74) is 16.6. The van der Waals surface area contributed by atoms with Crippen molar-refractivity contribution in [1.29, 1.82) is 0 Å². The molecule has 0 saturated heterocycles. The number of hydrogen-bond acceptors (Lipinski definition) is 0. The molecule has 4 aromatic carbocycles. The van der Waals surface area contributed by atoms with Gasteiger partial charge >= 0.3 is 0 Å². The number of rotatable bonds is 3. The Bertz CT molecular complexity index is 1270. The van der Waals surface area contributed by atoms with Crippen LogP contribution in [-0.4, -0.2) is 0 Å². The summed E-state index contributed by atoms with van der Waals surface area (Å²) < 4.78 is 0. The quantitative estimate of drug-likeness (QED) is 0.319. The highest BCUT2D eigenvalue weighted by Crippen LogP contribution is 2.34. The molecule has 0 radical (unpaired) electrons. The van der Waals surface area contributed by atoms with Crippen molar-refractivity contribution in [3.05, 3.63) is 104 Å². The van der Waals surface area contributed by atoms with Crippen molar-refractivity contribution in [2.45, 2.75) is 61.8 Å². The van der Waals surface area contributed by atoms with Gasteiger partial charge in [0.25, 0.3) is 0 Å². The van der Waals surface area contributed by atoms with Gasteiger partial charge in [-0.3, -0.25) is 0 Å². The van der Waals surface area contributed by atoms with Crippen LogP contribution in [-0.2, 0) is 6.42 Å². The smallest absolute Gasteiger partial charge is 0.00203 e. The summed E-state index contributed by atoms with van der Waals surface area (Å²) in [7, 11) is 0. The second kappa shape index (κ2) is 8.00. The molecule has 31 heavy (non-hydrogen) atoms. The summed E-state index contributed by atoms with van der Waals surface area (Å²) in [6.07, 6.45) is 0.995. The molecule has 0 aliphatic carbocycles. The lowest BCUT2D eigenvalue weighted by atomic mass is 9.88. The summed E-state index contributed by atoms with van der Waals surface area (Å²) >= 11 is 0. The van der Waals surface area contributed by atoms with Gasteiger partial charge in [0.2, 0.25) is 0 Å². The summed E-state index contributed by atoms with van der Waals surface area (Å²) in [4.78, 5) is 0. The molecule has 0 fully saturated rings. The third kappa shape index (κ3) is 3.92. The molecule has 0 nitrogen and oxygen atoms in total. The highest BCUT2D eigenvalue weighted by molar-refractivity contribution is 5.92. The van der Waals surface area contributed by atoms with E-state index in [1.54, 1.807) is 0 Å². The van der Waals surface area contributed by atoms with Crippen LogP contribution in [0.1, 0.15) is 55.6 Å². The molecule has 0 unspecified atom stereocenters. The molecule has 0 bridgehead atoms. The first-order chi connectivity index (χ1) is 14.7. The van der Waals surface area contributed by atoms with Gasteiger partial charge in [0.05, 0.1) is 0 Å². The van der Waals surface area contributed by atoms with Crippen molar-refractivity contribution >= 4 is 10.8 Å². The lowest BCUT2D eigenvalue weighted by Crippen LogP contribution is -1.99. The molecule has 0 heterocycles. The zero-order valence-corrected chi connectivity index (χ0v) is 20.3. The summed E-state index contributed by atoms with van der Waals surface area (Å²) in [6, 6.07) is 18.7. The number of benzene rings is 4. The van der Waals surface area contributed by atoms with Crippen LogP contribution in [0.15, 0.2) is 48.5 Å². The average molecular weight is 407 g/mol. The maximum Gasteiger partial charge on any atom is -0.00203 e. The Morgan fingerprint density at radius 2 is 1.16 bits per heavy atom. The fraction of sp³-hybridized carbons (Fsp3) is 0.290. The SMILES string of the molecule is Cc1cc(C)c(Cc2cc(C)c(-c3ccc4c(C)c(C)c(C)cc4c3)c(C)c2)c(C)c1. The third-order valence-corrected chi connectivity index (χ3v) is 7.08. The van der Waals surface area contributed by atoms with E-state index < -0.39 is 0 Å². The van der Waals surface area contributed by atoms with Gasteiger partial charge in [0.1, 0.15) is 0 Å². The van der Waals surface area contributed by atoms with Gasteiger partial charge in [-0.1, -0.05) is 48.0 Å². The van der Waals surface area contributed by atoms with Crippen LogP contribution >= 0.6 is 0 Å². The fourth-order valence-corrected chi connectivity index (χ4v) is 5.32. The van der Waals surface area contributed by atoms with E-state index in [-0.39, 0.29) is 0 Å². The predicted molar refractivity (Wildman–Crippen MR) is 137 cm³/mol. The van der Waals surface area contributed by atoms with Crippen LogP contribution < -0.4 is 0 Å². The van der Waals surface area contributed by atoms with Crippen LogP contribution in [0.4, 0.5) is 0 Å². The second-order valence-corrected chi connectivity index (χ2v) is 9.54. The first-order valence-electron chi connectivity index (χ1n) is 11.3. The molecular formula is C31H34. The molecule has 0 N–H and O–H groups in total. The molecule has 0 atom stereocenters. The van der Waals surface area contributed by atoms with Gasteiger partial charge < -0.3 is 0 Å². The third-order valence-electron chi connectivity index (χ3n) is 7.08. The standard InChI is InChI=1S/C31H34/c1-18-11-20(3)30(21(4)12-18)16-26-13-22(5)31(23(6)14-26)27-9-10-29-25(8)24(7)19(2)15-28(29)17-27/h9-15,17H,16H2,1-8H3. The number of hydrogen-bond donors (Lipinski definition) is 0. The van der Waals surface area contributed by atoms with E-state index in [1.807, 2.05) is 0 Å². The van der Waals surface area contributed by atoms with E-state index in [0.29, 0.717) is 0 Å². The molecule has 0 saturated carbocycles. The van der Waals surface area contributed by atoms with Gasteiger partial charge in [-0.2, -0.15) is 0 Å². The summed E-state index contributed by atoms with van der Waals surface area (Å²) in [6.45, 7) is 17.9. The fourth-order valence-electron chi connectivity index (χ4n) is 5.32. The first kappa shape index (κ1) is 21.4. The molecule has 0 heteroatoms. The molecule has 0 amide bonds. The van der Waals surface area contributed by atoms with Crippen molar-refractivity contribution in [1.82, 2.24) is 0 Å². The van der Waals surface area contributed by atoms with E-state index >= 15 is 0 Å². The van der Waals surface area contributed by atoms with E-state index in [2.05, 4.69) is 104 Å². The molecule has 4 rings (SSSR count). The predicted octanol–water partition coefficient (Wildman–Crippen LogP) is 8.56. The number of fused-ring (bicyclic) bond motifs is 1. The molecule has 158 valence electrons. The lowest BCUT2D eigenvalue weighted by Gasteiger charge is -2.17. The van der Waals surface area contributed by atoms with Gasteiger partial charge in [-0.15, -0.1) is 0 Å². The minimum Gasteiger partial charge on any atom is -0.0561 e. The maximum absolute atomic E-state index is 2.39.